The van der Waals surface area contributed by atoms with Crippen molar-refractivity contribution in [2.45, 2.75) is 38.5 Å². The monoisotopic (exact) mass is 419 g/mol. The second kappa shape index (κ2) is 8.46. The lowest BCUT2D eigenvalue weighted by atomic mass is 9.96. The Kier molecular flexibility index (Phi) is 5.52. The highest BCUT2D eigenvalue weighted by molar-refractivity contribution is 5.96. The van der Waals surface area contributed by atoms with Crippen LogP contribution in [-0.4, -0.2) is 39.5 Å². The average Bonchev–Trinajstić information content (AvgIpc) is 3.49. The van der Waals surface area contributed by atoms with Gasteiger partial charge in [0.05, 0.1) is 35.6 Å². The number of hydrogen-bond acceptors (Lipinski definition) is 4. The Labute approximate surface area is 182 Å². The Morgan fingerprint density at radius 1 is 1.19 bits per heavy atom. The van der Waals surface area contributed by atoms with Crippen molar-refractivity contribution < 1.29 is 14.6 Å². The molecule has 4 aromatic rings. The van der Waals surface area contributed by atoms with E-state index in [2.05, 4.69) is 57.7 Å². The maximum absolute atomic E-state index is 9.58. The van der Waals surface area contributed by atoms with Crippen LogP contribution in [0.2, 0.25) is 0 Å². The van der Waals surface area contributed by atoms with Gasteiger partial charge in [-0.2, -0.15) is 0 Å². The van der Waals surface area contributed by atoms with E-state index in [4.69, 9.17) is 9.47 Å². The third-order valence-electron chi connectivity index (χ3n) is 6.33. The van der Waals surface area contributed by atoms with Gasteiger partial charge in [0.2, 0.25) is 0 Å². The number of hydrogen-bond donors (Lipinski definition) is 1. The van der Waals surface area contributed by atoms with Crippen LogP contribution in [0.4, 0.5) is 0 Å². The van der Waals surface area contributed by atoms with Crippen molar-refractivity contribution in [3.05, 3.63) is 65.1 Å². The Morgan fingerprint density at radius 3 is 2.87 bits per heavy atom. The molecule has 0 radical (unpaired) electrons. The first kappa shape index (κ1) is 20.2. The van der Waals surface area contributed by atoms with Gasteiger partial charge in [-0.25, -0.2) is 4.98 Å². The number of rotatable bonds is 7. The molecule has 2 aromatic heterocycles. The lowest BCUT2D eigenvalue weighted by Crippen LogP contribution is -2.06. The summed E-state index contributed by atoms with van der Waals surface area (Å²) in [4.78, 5) is 4.67. The number of imidazole rings is 1. The Bertz CT molecular complexity index is 1220. The summed E-state index contributed by atoms with van der Waals surface area (Å²) in [5.74, 6) is 0. The van der Waals surface area contributed by atoms with Gasteiger partial charge >= 0.3 is 0 Å². The van der Waals surface area contributed by atoms with Gasteiger partial charge in [-0.05, 0) is 48.1 Å². The number of aliphatic hydroxyl groups excluding tert-OH is 1. The van der Waals surface area contributed by atoms with Crippen LogP contribution < -0.4 is 0 Å². The quantitative estimate of drug-likeness (QED) is 0.490. The second-order valence-electron chi connectivity index (χ2n) is 8.44. The SMILES string of the molecule is COCc1cn(C)c2cc3c(cc12)ncn3Cc1ccc([C@@H]2CCCO2)c(CCO)c1. The molecule has 1 N–H and O–H groups in total. The molecule has 1 aliphatic rings. The van der Waals surface area contributed by atoms with Gasteiger partial charge in [-0.1, -0.05) is 18.2 Å². The predicted molar refractivity (Wildman–Crippen MR) is 121 cm³/mol. The molecule has 2 aromatic carbocycles. The summed E-state index contributed by atoms with van der Waals surface area (Å²) in [5.41, 5.74) is 8.07. The van der Waals surface area contributed by atoms with E-state index in [1.807, 2.05) is 6.33 Å². The molecule has 0 spiro atoms. The number of fused-ring (bicyclic) bond motifs is 2. The minimum absolute atomic E-state index is 0.145. The smallest absolute Gasteiger partial charge is 0.0961 e. The molecule has 162 valence electrons. The van der Waals surface area contributed by atoms with Crippen LogP contribution in [0, 0.1) is 0 Å². The minimum Gasteiger partial charge on any atom is -0.396 e. The third-order valence-corrected chi connectivity index (χ3v) is 6.33. The first-order chi connectivity index (χ1) is 15.2. The van der Waals surface area contributed by atoms with E-state index < -0.39 is 0 Å². The zero-order valence-corrected chi connectivity index (χ0v) is 18.2. The fourth-order valence-electron chi connectivity index (χ4n) is 4.84. The molecule has 1 fully saturated rings. The summed E-state index contributed by atoms with van der Waals surface area (Å²) in [6.07, 6.45) is 7.02. The van der Waals surface area contributed by atoms with E-state index in [1.54, 1.807) is 7.11 Å². The summed E-state index contributed by atoms with van der Waals surface area (Å²) >= 11 is 0. The molecule has 6 nitrogen and oxygen atoms in total. The van der Waals surface area contributed by atoms with E-state index in [-0.39, 0.29) is 12.7 Å². The Morgan fingerprint density at radius 2 is 2.10 bits per heavy atom. The van der Waals surface area contributed by atoms with Crippen molar-refractivity contribution in [2.24, 2.45) is 7.05 Å². The lowest BCUT2D eigenvalue weighted by Gasteiger charge is -2.16. The number of ether oxygens (including phenoxy) is 2. The van der Waals surface area contributed by atoms with Gasteiger partial charge < -0.3 is 23.7 Å². The second-order valence-corrected chi connectivity index (χ2v) is 8.44. The van der Waals surface area contributed by atoms with Gasteiger partial charge in [-0.15, -0.1) is 0 Å². The van der Waals surface area contributed by atoms with Crippen LogP contribution in [0.15, 0.2) is 42.9 Å². The summed E-state index contributed by atoms with van der Waals surface area (Å²) in [6, 6.07) is 11.0. The van der Waals surface area contributed by atoms with Gasteiger partial charge in [0.1, 0.15) is 0 Å². The number of methoxy groups -OCH3 is 1. The molecule has 0 aliphatic carbocycles. The highest BCUT2D eigenvalue weighted by Crippen LogP contribution is 2.32. The highest BCUT2D eigenvalue weighted by Gasteiger charge is 2.21. The zero-order valence-electron chi connectivity index (χ0n) is 18.2. The maximum atomic E-state index is 9.58. The number of nitrogens with zero attached hydrogens (tertiary/aromatic N) is 3. The minimum atomic E-state index is 0.145. The van der Waals surface area contributed by atoms with Crippen molar-refractivity contribution in [3.8, 4) is 0 Å². The molecule has 0 bridgehead atoms. The van der Waals surface area contributed by atoms with Crippen molar-refractivity contribution in [3.63, 3.8) is 0 Å². The first-order valence-electron chi connectivity index (χ1n) is 10.9. The van der Waals surface area contributed by atoms with Crippen LogP contribution in [0.25, 0.3) is 21.9 Å². The number of aromatic nitrogens is 3. The average molecular weight is 420 g/mol. The fraction of sp³-hybridized carbons (Fsp3) is 0.400. The zero-order chi connectivity index (χ0) is 21.4. The van der Waals surface area contributed by atoms with Crippen molar-refractivity contribution in [1.82, 2.24) is 14.1 Å². The molecule has 31 heavy (non-hydrogen) atoms. The summed E-state index contributed by atoms with van der Waals surface area (Å²) in [7, 11) is 3.79. The topological polar surface area (TPSA) is 61.4 Å². The molecule has 1 saturated heterocycles. The van der Waals surface area contributed by atoms with E-state index >= 15 is 0 Å². The maximum Gasteiger partial charge on any atom is 0.0961 e. The van der Waals surface area contributed by atoms with Crippen LogP contribution in [0.1, 0.15) is 41.2 Å². The largest absolute Gasteiger partial charge is 0.396 e. The molecule has 0 amide bonds. The lowest BCUT2D eigenvalue weighted by molar-refractivity contribution is 0.111. The normalized spacial score (nSPS) is 16.7. The third kappa shape index (κ3) is 3.76. The molecule has 5 rings (SSSR count). The molecule has 0 saturated carbocycles. The Hall–Kier alpha value is -2.67. The molecule has 3 heterocycles. The van der Waals surface area contributed by atoms with Gasteiger partial charge in [0.15, 0.2) is 0 Å². The van der Waals surface area contributed by atoms with Crippen LogP contribution in [0.5, 0.6) is 0 Å². The molecular weight excluding hydrogens is 390 g/mol. The number of aliphatic hydroxyl groups is 1. The standard InChI is InChI=1S/C25H29N3O3/c1-27-14-19(15-30-2)21-11-22-24(12-23(21)27)28(16-26-22)13-17-5-6-20(18(10-17)7-8-29)25-4-3-9-31-25/h5-6,10-12,14,16,25,29H,3-4,7-9,13,15H2,1-2H3/t25-/m0/s1. The predicted octanol–water partition coefficient (Wildman–Crippen LogP) is 4.11. The van der Waals surface area contributed by atoms with Gasteiger partial charge in [-0.3, -0.25) is 0 Å². The van der Waals surface area contributed by atoms with E-state index in [0.29, 0.717) is 13.0 Å². The molecular formula is C25H29N3O3. The van der Waals surface area contributed by atoms with Crippen molar-refractivity contribution in [2.75, 3.05) is 20.3 Å². The van der Waals surface area contributed by atoms with Gasteiger partial charge in [0, 0.05) is 51.1 Å². The Balaban J connectivity index is 1.50. The highest BCUT2D eigenvalue weighted by atomic mass is 16.5. The first-order valence-corrected chi connectivity index (χ1v) is 10.9. The summed E-state index contributed by atoms with van der Waals surface area (Å²) in [6.45, 7) is 2.30. The molecule has 1 aliphatic heterocycles. The summed E-state index contributed by atoms with van der Waals surface area (Å²) in [5, 5.41) is 10.8. The van der Waals surface area contributed by atoms with E-state index in [1.165, 1.54) is 33.2 Å². The molecule has 6 heteroatoms. The van der Waals surface area contributed by atoms with Crippen molar-refractivity contribution in [1.29, 1.82) is 0 Å². The van der Waals surface area contributed by atoms with Crippen molar-refractivity contribution >= 4 is 21.9 Å². The molecule has 0 unspecified atom stereocenters. The number of aryl methyl sites for hydroxylation is 1. The van der Waals surface area contributed by atoms with Crippen LogP contribution >= 0.6 is 0 Å². The van der Waals surface area contributed by atoms with Crippen LogP contribution in [0.3, 0.4) is 0 Å². The summed E-state index contributed by atoms with van der Waals surface area (Å²) < 4.78 is 15.6. The molecule has 1 atom stereocenters. The van der Waals surface area contributed by atoms with Gasteiger partial charge in [0.25, 0.3) is 0 Å². The van der Waals surface area contributed by atoms with Crippen LogP contribution in [-0.2, 0) is 36.1 Å². The fourth-order valence-corrected chi connectivity index (χ4v) is 4.84. The van der Waals surface area contributed by atoms with E-state index in [9.17, 15) is 5.11 Å². The van der Waals surface area contributed by atoms with E-state index in [0.717, 1.165) is 37.0 Å². The number of benzene rings is 2.